The molecule has 2 heterocycles. The molecule has 3 N–H and O–H groups in total. The zero-order valence-corrected chi connectivity index (χ0v) is 15.1. The number of hydrogen-bond acceptors (Lipinski definition) is 7. The predicted octanol–water partition coefficient (Wildman–Crippen LogP) is 4.90. The fourth-order valence-electron chi connectivity index (χ4n) is 2.70. The van der Waals surface area contributed by atoms with Crippen LogP contribution in [0.1, 0.15) is 11.1 Å². The monoisotopic (exact) mass is 363 g/mol. The highest BCUT2D eigenvalue weighted by Gasteiger charge is 2.12. The zero-order chi connectivity index (χ0) is 18.1. The maximum Gasteiger partial charge on any atom is 0.189 e. The van der Waals surface area contributed by atoms with Crippen molar-refractivity contribution in [3.05, 3.63) is 59.9 Å². The van der Waals surface area contributed by atoms with Gasteiger partial charge in [-0.2, -0.15) is 0 Å². The van der Waals surface area contributed by atoms with Crippen LogP contribution in [-0.4, -0.2) is 20.1 Å². The van der Waals surface area contributed by atoms with Crippen LogP contribution < -0.4 is 10.6 Å². The molecule has 2 aromatic heterocycles. The van der Waals surface area contributed by atoms with Gasteiger partial charge in [-0.3, -0.25) is 0 Å². The molecular formula is C19H17N5OS. The predicted molar refractivity (Wildman–Crippen MR) is 106 cm³/mol. The van der Waals surface area contributed by atoms with Crippen LogP contribution in [0.4, 0.5) is 22.3 Å². The second-order valence-corrected chi connectivity index (χ2v) is 6.94. The van der Waals surface area contributed by atoms with Gasteiger partial charge in [-0.15, -0.1) is 0 Å². The summed E-state index contributed by atoms with van der Waals surface area (Å²) in [5.41, 5.74) is 4.92. The smallest absolute Gasteiger partial charge is 0.189 e. The molecule has 26 heavy (non-hydrogen) atoms. The summed E-state index contributed by atoms with van der Waals surface area (Å²) >= 11 is 1.48. The first-order valence-electron chi connectivity index (χ1n) is 8.11. The van der Waals surface area contributed by atoms with Crippen molar-refractivity contribution in [2.75, 3.05) is 10.6 Å². The Balaban J connectivity index is 1.68. The van der Waals surface area contributed by atoms with Gasteiger partial charge < -0.3 is 15.7 Å². The van der Waals surface area contributed by atoms with E-state index in [0.717, 1.165) is 32.5 Å². The van der Waals surface area contributed by atoms with Crippen molar-refractivity contribution < 1.29 is 5.11 Å². The molecule has 0 radical (unpaired) electrons. The van der Waals surface area contributed by atoms with Crippen molar-refractivity contribution in [2.24, 2.45) is 0 Å². The highest BCUT2D eigenvalue weighted by molar-refractivity contribution is 7.21. The van der Waals surface area contributed by atoms with Gasteiger partial charge in [-0.25, -0.2) is 15.0 Å². The van der Waals surface area contributed by atoms with Crippen LogP contribution in [-0.2, 0) is 0 Å². The zero-order valence-electron chi connectivity index (χ0n) is 14.3. The molecule has 0 fully saturated rings. The van der Waals surface area contributed by atoms with E-state index in [1.165, 1.54) is 17.7 Å². The molecule has 0 bridgehead atoms. The highest BCUT2D eigenvalue weighted by Crippen LogP contribution is 2.33. The molecule has 0 aliphatic carbocycles. The number of aryl methyl sites for hydroxylation is 2. The van der Waals surface area contributed by atoms with Gasteiger partial charge >= 0.3 is 0 Å². The summed E-state index contributed by atoms with van der Waals surface area (Å²) in [5.74, 6) is 0.851. The van der Waals surface area contributed by atoms with Gasteiger partial charge in [0.1, 0.15) is 17.6 Å². The van der Waals surface area contributed by atoms with E-state index in [4.69, 9.17) is 0 Å². The number of benzene rings is 2. The number of hydrogen-bond donors (Lipinski definition) is 3. The van der Waals surface area contributed by atoms with Crippen LogP contribution in [0.5, 0.6) is 5.75 Å². The highest BCUT2D eigenvalue weighted by atomic mass is 32.1. The summed E-state index contributed by atoms with van der Waals surface area (Å²) in [6.45, 7) is 4.14. The number of aromatic hydroxyl groups is 1. The fraction of sp³-hybridized carbons (Fsp3) is 0.105. The van der Waals surface area contributed by atoms with Crippen molar-refractivity contribution in [3.8, 4) is 5.75 Å². The molecule has 0 spiro atoms. The van der Waals surface area contributed by atoms with Crippen molar-refractivity contribution in [1.82, 2.24) is 15.0 Å². The van der Waals surface area contributed by atoms with E-state index in [0.29, 0.717) is 11.3 Å². The van der Waals surface area contributed by atoms with Crippen LogP contribution in [0.25, 0.3) is 10.3 Å². The number of phenols is 1. The molecule has 0 unspecified atom stereocenters. The van der Waals surface area contributed by atoms with Crippen LogP contribution >= 0.6 is 11.3 Å². The summed E-state index contributed by atoms with van der Waals surface area (Å²) in [6.07, 6.45) is 1.52. The van der Waals surface area contributed by atoms with E-state index < -0.39 is 0 Å². The van der Waals surface area contributed by atoms with Gasteiger partial charge in [0.15, 0.2) is 15.8 Å². The maximum atomic E-state index is 9.41. The molecule has 7 heteroatoms. The van der Waals surface area contributed by atoms with E-state index in [1.54, 1.807) is 24.3 Å². The van der Waals surface area contributed by atoms with Gasteiger partial charge in [0.2, 0.25) is 0 Å². The van der Waals surface area contributed by atoms with E-state index in [1.807, 2.05) is 6.07 Å². The standard InChI is InChI=1S/C19H17N5OS/c1-11-4-3-5-12(2)15(11)23-19-24-16-17(20-10-21-18(16)26-19)22-13-6-8-14(25)9-7-13/h3-10,25H,1-2H3,(H,23,24)(H,20,21,22). The normalized spacial score (nSPS) is 10.8. The minimum Gasteiger partial charge on any atom is -0.508 e. The molecule has 2 aromatic carbocycles. The number of aromatic nitrogens is 3. The Morgan fingerprint density at radius 1 is 0.923 bits per heavy atom. The van der Waals surface area contributed by atoms with Gasteiger partial charge in [0.25, 0.3) is 0 Å². The molecular weight excluding hydrogens is 346 g/mol. The molecule has 0 saturated heterocycles. The SMILES string of the molecule is Cc1cccc(C)c1Nc1nc2c(Nc3ccc(O)cc3)ncnc2s1. The van der Waals surface area contributed by atoms with Crippen molar-refractivity contribution in [3.63, 3.8) is 0 Å². The summed E-state index contributed by atoms with van der Waals surface area (Å²) < 4.78 is 0. The molecule has 4 rings (SSSR count). The van der Waals surface area contributed by atoms with E-state index in [2.05, 4.69) is 51.6 Å². The number of rotatable bonds is 4. The van der Waals surface area contributed by atoms with Crippen molar-refractivity contribution in [1.29, 1.82) is 0 Å². The third-order valence-corrected chi connectivity index (χ3v) is 4.92. The van der Waals surface area contributed by atoms with Crippen LogP contribution in [0.2, 0.25) is 0 Å². The van der Waals surface area contributed by atoms with Crippen LogP contribution in [0.3, 0.4) is 0 Å². The lowest BCUT2D eigenvalue weighted by Crippen LogP contribution is -1.96. The summed E-state index contributed by atoms with van der Waals surface area (Å²) in [6, 6.07) is 13.0. The number of para-hydroxylation sites is 1. The Hall–Kier alpha value is -3.19. The molecule has 130 valence electrons. The summed E-state index contributed by atoms with van der Waals surface area (Å²) in [5, 5.41) is 16.8. The quantitative estimate of drug-likeness (QED) is 0.448. The molecule has 0 aliphatic rings. The first-order chi connectivity index (χ1) is 12.6. The Bertz CT molecular complexity index is 1050. The van der Waals surface area contributed by atoms with Crippen LogP contribution in [0.15, 0.2) is 48.8 Å². The summed E-state index contributed by atoms with van der Waals surface area (Å²) in [7, 11) is 0. The topological polar surface area (TPSA) is 83.0 Å². The first-order valence-corrected chi connectivity index (χ1v) is 8.92. The Morgan fingerprint density at radius 2 is 1.65 bits per heavy atom. The van der Waals surface area contributed by atoms with Gasteiger partial charge in [0.05, 0.1) is 0 Å². The number of nitrogens with one attached hydrogen (secondary N) is 2. The average Bonchev–Trinajstić information content (AvgIpc) is 3.04. The minimum atomic E-state index is 0.220. The lowest BCUT2D eigenvalue weighted by Gasteiger charge is -2.09. The van der Waals surface area contributed by atoms with Crippen LogP contribution in [0, 0.1) is 13.8 Å². The summed E-state index contributed by atoms with van der Waals surface area (Å²) in [4.78, 5) is 14.1. The first kappa shape index (κ1) is 16.3. The molecule has 0 amide bonds. The van der Waals surface area contributed by atoms with Gasteiger partial charge in [0, 0.05) is 11.4 Å². The maximum absolute atomic E-state index is 9.41. The third kappa shape index (κ3) is 3.16. The fourth-order valence-corrected chi connectivity index (χ4v) is 3.51. The lowest BCUT2D eigenvalue weighted by atomic mass is 10.1. The van der Waals surface area contributed by atoms with Gasteiger partial charge in [-0.1, -0.05) is 29.5 Å². The van der Waals surface area contributed by atoms with Gasteiger partial charge in [-0.05, 0) is 49.2 Å². The molecule has 4 aromatic rings. The molecule has 0 atom stereocenters. The number of nitrogens with zero attached hydrogens (tertiary/aromatic N) is 3. The van der Waals surface area contributed by atoms with Crippen molar-refractivity contribution in [2.45, 2.75) is 13.8 Å². The number of thiazole rings is 1. The van der Waals surface area contributed by atoms with Crippen molar-refractivity contribution >= 4 is 44.0 Å². The lowest BCUT2D eigenvalue weighted by molar-refractivity contribution is 0.475. The average molecular weight is 363 g/mol. The van der Waals surface area contributed by atoms with E-state index in [-0.39, 0.29) is 5.75 Å². The Labute approximate surface area is 154 Å². The van der Waals surface area contributed by atoms with E-state index >= 15 is 0 Å². The second-order valence-electron chi connectivity index (χ2n) is 5.96. The molecule has 0 aliphatic heterocycles. The number of fused-ring (bicyclic) bond motifs is 1. The van der Waals surface area contributed by atoms with E-state index in [9.17, 15) is 5.11 Å². The third-order valence-electron chi connectivity index (χ3n) is 4.04. The Morgan fingerprint density at radius 3 is 2.38 bits per heavy atom. The molecule has 6 nitrogen and oxygen atoms in total. The number of phenolic OH excluding ortho intramolecular Hbond substituents is 1. The Kier molecular flexibility index (Phi) is 4.14. The second kappa shape index (κ2) is 6.61. The largest absolute Gasteiger partial charge is 0.508 e. The molecule has 0 saturated carbocycles. The minimum absolute atomic E-state index is 0.220. The number of anilines is 4.